The van der Waals surface area contributed by atoms with Crippen LogP contribution in [0, 0.1) is 0 Å². The van der Waals surface area contributed by atoms with E-state index in [4.69, 9.17) is 40.2 Å². The van der Waals surface area contributed by atoms with Crippen molar-refractivity contribution in [1.82, 2.24) is 10.6 Å². The van der Waals surface area contributed by atoms with Gasteiger partial charge >= 0.3 is 0 Å². The van der Waals surface area contributed by atoms with Crippen molar-refractivity contribution in [3.05, 3.63) is 56.2 Å². The average molecular weight is 445 g/mol. The van der Waals surface area contributed by atoms with Crippen molar-refractivity contribution >= 4 is 57.8 Å². The van der Waals surface area contributed by atoms with Crippen LogP contribution in [-0.2, 0) is 4.74 Å². The minimum atomic E-state index is -0.361. The number of thiocarbonyl (C=S) groups is 1. The van der Waals surface area contributed by atoms with Crippen molar-refractivity contribution < 1.29 is 14.4 Å². The van der Waals surface area contributed by atoms with Crippen molar-refractivity contribution in [1.29, 1.82) is 0 Å². The molecule has 1 saturated heterocycles. The monoisotopic (exact) mass is 444 g/mol. The Hall–Kier alpha value is -1.22. The number of benzene rings is 1. The molecule has 0 radical (unpaired) electrons. The van der Waals surface area contributed by atoms with E-state index in [1.165, 1.54) is 15.8 Å². The van der Waals surface area contributed by atoms with E-state index in [2.05, 4.69) is 28.1 Å². The van der Waals surface area contributed by atoms with Crippen molar-refractivity contribution in [3.8, 4) is 0 Å². The van der Waals surface area contributed by atoms with Gasteiger partial charge in [0, 0.05) is 5.02 Å². The molecule has 2 aromatic rings. The Morgan fingerprint density at radius 1 is 1.30 bits per heavy atom. The number of nitrogens with one attached hydrogen (secondary N) is 3. The van der Waals surface area contributed by atoms with E-state index in [0.717, 1.165) is 26.3 Å². The Bertz CT molecular complexity index is 796. The summed E-state index contributed by atoms with van der Waals surface area (Å²) in [7, 11) is 0. The van der Waals surface area contributed by atoms with Crippen molar-refractivity contribution in [2.45, 2.75) is 6.04 Å². The van der Waals surface area contributed by atoms with Gasteiger partial charge in [-0.2, -0.15) is 0 Å². The molecule has 1 aromatic carbocycles. The van der Waals surface area contributed by atoms with Crippen LogP contribution in [0.1, 0.15) is 21.3 Å². The van der Waals surface area contributed by atoms with Gasteiger partial charge in [-0.1, -0.05) is 29.3 Å². The summed E-state index contributed by atoms with van der Waals surface area (Å²) >= 11 is 19.0. The second-order valence-electron chi connectivity index (χ2n) is 6.13. The van der Waals surface area contributed by atoms with Gasteiger partial charge in [0.2, 0.25) is 0 Å². The highest BCUT2D eigenvalue weighted by Gasteiger charge is 2.27. The lowest BCUT2D eigenvalue weighted by atomic mass is 10.2. The predicted molar refractivity (Wildman–Crippen MR) is 113 cm³/mol. The number of carbonyl (C=O) groups is 1. The number of carbonyl (C=O) groups excluding carboxylic acids is 1. The fourth-order valence-electron chi connectivity index (χ4n) is 3.00. The summed E-state index contributed by atoms with van der Waals surface area (Å²) in [5, 5.41) is 8.98. The molecule has 1 amide bonds. The van der Waals surface area contributed by atoms with Crippen LogP contribution in [0.3, 0.4) is 0 Å². The highest BCUT2D eigenvalue weighted by molar-refractivity contribution is 7.80. The van der Waals surface area contributed by atoms with Gasteiger partial charge in [-0.05, 0) is 41.9 Å². The van der Waals surface area contributed by atoms with Crippen LogP contribution in [0.5, 0.6) is 0 Å². The maximum absolute atomic E-state index is 12.4. The first-order chi connectivity index (χ1) is 13.0. The number of amides is 1. The highest BCUT2D eigenvalue weighted by atomic mass is 35.5. The molecule has 1 aliphatic heterocycles. The number of halogens is 2. The molecule has 1 aliphatic rings. The van der Waals surface area contributed by atoms with Crippen molar-refractivity contribution in [3.63, 3.8) is 0 Å². The number of hydrogen-bond acceptors (Lipinski definition) is 4. The van der Waals surface area contributed by atoms with Crippen LogP contribution in [0.15, 0.2) is 35.7 Å². The lowest BCUT2D eigenvalue weighted by molar-refractivity contribution is -0.937. The van der Waals surface area contributed by atoms with Crippen LogP contribution in [0.4, 0.5) is 0 Å². The number of morpholine rings is 1. The zero-order valence-corrected chi connectivity index (χ0v) is 17.6. The van der Waals surface area contributed by atoms with Gasteiger partial charge in [0.05, 0.1) is 35.2 Å². The van der Waals surface area contributed by atoms with Gasteiger partial charge in [-0.3, -0.25) is 10.1 Å². The first kappa shape index (κ1) is 20.5. The predicted octanol–water partition coefficient (Wildman–Crippen LogP) is 2.32. The standard InChI is InChI=1S/C18H19Cl2N3O2S2/c19-12-3-4-13(14(20)10-12)17(24)22-18(26)21-11-15(16-2-1-9-27-16)23-5-7-25-8-6-23/h1-4,9-10,15H,5-8,11H2,(H2,21,22,24,26)/p+1/t15-/m1/s1. The Balaban J connectivity index is 1.59. The first-order valence-corrected chi connectivity index (χ1v) is 10.6. The molecule has 0 unspecified atom stereocenters. The fraction of sp³-hybridized carbons (Fsp3) is 0.333. The molecule has 1 fully saturated rings. The zero-order valence-electron chi connectivity index (χ0n) is 14.5. The summed E-state index contributed by atoms with van der Waals surface area (Å²) in [6, 6.07) is 9.16. The first-order valence-electron chi connectivity index (χ1n) is 8.54. The third kappa shape index (κ3) is 5.63. The Kier molecular flexibility index (Phi) is 7.46. The Labute approximate surface area is 177 Å². The molecule has 2 heterocycles. The summed E-state index contributed by atoms with van der Waals surface area (Å²) in [5.41, 5.74) is 0.332. The number of rotatable bonds is 5. The summed E-state index contributed by atoms with van der Waals surface area (Å²) in [6.45, 7) is 4.04. The van der Waals surface area contributed by atoms with Gasteiger partial charge in [-0.15, -0.1) is 11.3 Å². The second-order valence-corrected chi connectivity index (χ2v) is 8.36. The molecular weight excluding hydrogens is 425 g/mol. The van der Waals surface area contributed by atoms with Crippen molar-refractivity contribution in [2.75, 3.05) is 32.8 Å². The largest absolute Gasteiger partial charge is 0.370 e. The fourth-order valence-corrected chi connectivity index (χ4v) is 4.56. The smallest absolute Gasteiger partial charge is 0.258 e. The van der Waals surface area contributed by atoms with Crippen LogP contribution < -0.4 is 15.5 Å². The van der Waals surface area contributed by atoms with Gasteiger partial charge in [0.25, 0.3) is 5.91 Å². The van der Waals surface area contributed by atoms with Gasteiger partial charge < -0.3 is 15.0 Å². The molecule has 5 nitrogen and oxygen atoms in total. The molecule has 0 aliphatic carbocycles. The second kappa shape index (κ2) is 9.82. The molecule has 9 heteroatoms. The molecule has 0 spiro atoms. The maximum Gasteiger partial charge on any atom is 0.258 e. The minimum absolute atomic E-state index is 0.253. The number of quaternary nitrogens is 1. The molecule has 0 bridgehead atoms. The SMILES string of the molecule is O=C(NC(=S)NC[C@H](c1cccs1)[NH+]1CCOCC1)c1ccc(Cl)cc1Cl. The van der Waals surface area contributed by atoms with E-state index in [9.17, 15) is 4.79 Å². The maximum atomic E-state index is 12.4. The molecule has 144 valence electrons. The highest BCUT2D eigenvalue weighted by Crippen LogP contribution is 2.21. The van der Waals surface area contributed by atoms with E-state index < -0.39 is 0 Å². The molecule has 3 rings (SSSR count). The Morgan fingerprint density at radius 3 is 2.74 bits per heavy atom. The zero-order chi connectivity index (χ0) is 19.2. The summed E-state index contributed by atoms with van der Waals surface area (Å²) in [4.78, 5) is 15.1. The van der Waals surface area contributed by atoms with Crippen LogP contribution in [0.25, 0.3) is 0 Å². The van der Waals surface area contributed by atoms with E-state index in [1.807, 2.05) is 0 Å². The summed E-state index contributed by atoms with van der Waals surface area (Å²) < 4.78 is 5.47. The normalized spacial score (nSPS) is 15.9. The number of hydrogen-bond donors (Lipinski definition) is 3. The van der Waals surface area contributed by atoms with E-state index in [0.29, 0.717) is 17.1 Å². The molecule has 1 atom stereocenters. The van der Waals surface area contributed by atoms with Crippen molar-refractivity contribution in [2.24, 2.45) is 0 Å². The topological polar surface area (TPSA) is 54.8 Å². The van der Waals surface area contributed by atoms with Crippen LogP contribution in [0.2, 0.25) is 10.0 Å². The molecule has 3 N–H and O–H groups in total. The van der Waals surface area contributed by atoms with Crippen LogP contribution >= 0.6 is 46.8 Å². The third-order valence-corrected chi connectivity index (χ3v) is 6.16. The minimum Gasteiger partial charge on any atom is -0.370 e. The lowest BCUT2D eigenvalue weighted by Crippen LogP contribution is -3.15. The molecule has 1 aromatic heterocycles. The number of thiophene rings is 1. The van der Waals surface area contributed by atoms with Gasteiger partial charge in [0.1, 0.15) is 19.1 Å². The summed E-state index contributed by atoms with van der Waals surface area (Å²) in [5.74, 6) is -0.361. The third-order valence-electron chi connectivity index (χ3n) is 4.38. The van der Waals surface area contributed by atoms with E-state index >= 15 is 0 Å². The Morgan fingerprint density at radius 2 is 2.07 bits per heavy atom. The van der Waals surface area contributed by atoms with E-state index in [1.54, 1.807) is 23.5 Å². The molecule has 27 heavy (non-hydrogen) atoms. The van der Waals surface area contributed by atoms with Gasteiger partial charge in [-0.25, -0.2) is 0 Å². The average Bonchev–Trinajstić information content (AvgIpc) is 3.17. The summed E-state index contributed by atoms with van der Waals surface area (Å²) in [6.07, 6.45) is 0. The molecular formula is C18H20Cl2N3O2S2+. The number of ether oxygens (including phenoxy) is 1. The lowest BCUT2D eigenvalue weighted by Gasteiger charge is -2.31. The quantitative estimate of drug-likeness (QED) is 0.619. The van der Waals surface area contributed by atoms with E-state index in [-0.39, 0.29) is 22.1 Å². The van der Waals surface area contributed by atoms with Gasteiger partial charge in [0.15, 0.2) is 5.11 Å². The molecule has 0 saturated carbocycles. The van der Waals surface area contributed by atoms with Crippen LogP contribution in [-0.4, -0.2) is 43.9 Å².